The Morgan fingerprint density at radius 3 is 3.00 bits per heavy atom. The van der Waals surface area contributed by atoms with Gasteiger partial charge in [0.1, 0.15) is 5.69 Å². The number of rotatable bonds is 5. The number of nitrogens with one attached hydrogen (secondary N) is 1. The van der Waals surface area contributed by atoms with E-state index in [9.17, 15) is 4.21 Å². The third-order valence-electron chi connectivity index (χ3n) is 2.52. The SMILES string of the molecule is CCS(=O)CCn1c(-c2ccccn2)n[nH]c1=S. The fourth-order valence-corrected chi connectivity index (χ4v) is 2.45. The molecule has 0 bridgehead atoms. The lowest BCUT2D eigenvalue weighted by atomic mass is 10.3. The topological polar surface area (TPSA) is 63.6 Å². The van der Waals surface area contributed by atoms with E-state index < -0.39 is 10.8 Å². The molecular weight excluding hydrogens is 268 g/mol. The summed E-state index contributed by atoms with van der Waals surface area (Å²) >= 11 is 5.18. The first-order chi connectivity index (χ1) is 8.72. The van der Waals surface area contributed by atoms with Crippen LogP contribution in [0.1, 0.15) is 6.92 Å². The van der Waals surface area contributed by atoms with Gasteiger partial charge in [0, 0.05) is 35.0 Å². The molecule has 96 valence electrons. The number of aromatic nitrogens is 4. The van der Waals surface area contributed by atoms with Gasteiger partial charge in [0.25, 0.3) is 0 Å². The first-order valence-electron chi connectivity index (χ1n) is 5.64. The van der Waals surface area contributed by atoms with Crippen LogP contribution in [0.4, 0.5) is 0 Å². The van der Waals surface area contributed by atoms with Crippen LogP contribution in [0.15, 0.2) is 24.4 Å². The van der Waals surface area contributed by atoms with Crippen molar-refractivity contribution < 1.29 is 4.21 Å². The summed E-state index contributed by atoms with van der Waals surface area (Å²) in [4.78, 5) is 4.24. The number of nitrogens with zero attached hydrogens (tertiary/aromatic N) is 3. The lowest BCUT2D eigenvalue weighted by molar-refractivity contribution is 0.673. The molecule has 0 fully saturated rings. The van der Waals surface area contributed by atoms with Crippen LogP contribution >= 0.6 is 12.2 Å². The van der Waals surface area contributed by atoms with Crippen molar-refractivity contribution in [2.45, 2.75) is 13.5 Å². The van der Waals surface area contributed by atoms with E-state index in [0.29, 0.717) is 28.6 Å². The summed E-state index contributed by atoms with van der Waals surface area (Å²) in [6.07, 6.45) is 1.71. The summed E-state index contributed by atoms with van der Waals surface area (Å²) in [5.41, 5.74) is 0.757. The molecule has 0 spiro atoms. The van der Waals surface area contributed by atoms with E-state index in [2.05, 4.69) is 15.2 Å². The number of aromatic amines is 1. The third kappa shape index (κ3) is 2.91. The summed E-state index contributed by atoms with van der Waals surface area (Å²) in [5, 5.41) is 6.93. The molecule has 18 heavy (non-hydrogen) atoms. The van der Waals surface area contributed by atoms with Gasteiger partial charge in [0.2, 0.25) is 0 Å². The summed E-state index contributed by atoms with van der Waals surface area (Å²) in [6, 6.07) is 5.62. The predicted octanol–water partition coefficient (Wildman–Crippen LogP) is 1.77. The first-order valence-corrected chi connectivity index (χ1v) is 7.53. The van der Waals surface area contributed by atoms with Crippen molar-refractivity contribution in [3.8, 4) is 11.5 Å². The van der Waals surface area contributed by atoms with Crippen molar-refractivity contribution in [1.29, 1.82) is 0 Å². The van der Waals surface area contributed by atoms with Gasteiger partial charge in [-0.25, -0.2) is 0 Å². The fourth-order valence-electron chi connectivity index (χ4n) is 1.55. The maximum Gasteiger partial charge on any atom is 0.195 e. The Morgan fingerprint density at radius 1 is 1.50 bits per heavy atom. The number of hydrogen-bond acceptors (Lipinski definition) is 4. The molecule has 0 aliphatic rings. The second-order valence-corrected chi connectivity index (χ2v) is 5.90. The number of H-pyrrole nitrogens is 1. The third-order valence-corrected chi connectivity index (χ3v) is 4.11. The predicted molar refractivity (Wildman–Crippen MR) is 74.2 cm³/mol. The smallest absolute Gasteiger partial charge is 0.195 e. The zero-order valence-electron chi connectivity index (χ0n) is 10.00. The minimum atomic E-state index is -0.814. The van der Waals surface area contributed by atoms with E-state index in [0.717, 1.165) is 5.69 Å². The van der Waals surface area contributed by atoms with Crippen molar-refractivity contribution >= 4 is 23.0 Å². The van der Waals surface area contributed by atoms with Gasteiger partial charge in [-0.15, -0.1) is 0 Å². The molecule has 2 aromatic heterocycles. The molecular formula is C11H14N4OS2. The van der Waals surface area contributed by atoms with Crippen LogP contribution in [0.2, 0.25) is 0 Å². The normalized spacial score (nSPS) is 12.5. The van der Waals surface area contributed by atoms with Gasteiger partial charge in [-0.05, 0) is 24.4 Å². The van der Waals surface area contributed by atoms with E-state index in [1.807, 2.05) is 29.7 Å². The van der Waals surface area contributed by atoms with Gasteiger partial charge in [0.05, 0.1) is 0 Å². The van der Waals surface area contributed by atoms with E-state index in [1.165, 1.54) is 0 Å². The zero-order valence-corrected chi connectivity index (χ0v) is 11.6. The minimum absolute atomic E-state index is 0.531. The van der Waals surface area contributed by atoms with E-state index >= 15 is 0 Å². The quantitative estimate of drug-likeness (QED) is 0.849. The highest BCUT2D eigenvalue weighted by molar-refractivity contribution is 7.84. The van der Waals surface area contributed by atoms with Crippen molar-refractivity contribution in [2.75, 3.05) is 11.5 Å². The summed E-state index contributed by atoms with van der Waals surface area (Å²) < 4.78 is 13.9. The van der Waals surface area contributed by atoms with Gasteiger partial charge < -0.3 is 0 Å². The van der Waals surface area contributed by atoms with E-state index in [-0.39, 0.29) is 0 Å². The van der Waals surface area contributed by atoms with Crippen molar-refractivity contribution in [3.05, 3.63) is 29.2 Å². The average molecular weight is 282 g/mol. The molecule has 1 N–H and O–H groups in total. The molecule has 1 atom stereocenters. The van der Waals surface area contributed by atoms with E-state index in [4.69, 9.17) is 12.2 Å². The molecule has 7 heteroatoms. The van der Waals surface area contributed by atoms with Crippen LogP contribution in [0, 0.1) is 4.77 Å². The molecule has 2 heterocycles. The molecule has 5 nitrogen and oxygen atoms in total. The molecule has 0 saturated carbocycles. The van der Waals surface area contributed by atoms with Crippen LogP contribution in [-0.2, 0) is 17.3 Å². The Bertz CT molecular complexity index is 591. The van der Waals surface area contributed by atoms with Gasteiger partial charge in [-0.1, -0.05) is 13.0 Å². The lowest BCUT2D eigenvalue weighted by Gasteiger charge is -2.05. The Kier molecular flexibility index (Phi) is 4.38. The Hall–Kier alpha value is -1.34. The van der Waals surface area contributed by atoms with E-state index in [1.54, 1.807) is 6.20 Å². The maximum atomic E-state index is 11.5. The molecule has 0 aromatic carbocycles. The Morgan fingerprint density at radius 2 is 2.33 bits per heavy atom. The van der Waals surface area contributed by atoms with Crippen LogP contribution in [0.5, 0.6) is 0 Å². The highest BCUT2D eigenvalue weighted by Crippen LogP contribution is 2.13. The Labute approximate surface area is 113 Å². The van der Waals surface area contributed by atoms with Crippen LogP contribution in [0.3, 0.4) is 0 Å². The second kappa shape index (κ2) is 6.01. The van der Waals surface area contributed by atoms with Crippen molar-refractivity contribution in [2.24, 2.45) is 0 Å². The molecule has 0 radical (unpaired) electrons. The second-order valence-electron chi connectivity index (χ2n) is 3.65. The van der Waals surface area contributed by atoms with Crippen LogP contribution in [-0.4, -0.2) is 35.5 Å². The minimum Gasteiger partial charge on any atom is -0.298 e. The highest BCUT2D eigenvalue weighted by Gasteiger charge is 2.10. The molecule has 2 aromatic rings. The maximum absolute atomic E-state index is 11.5. The first kappa shape index (κ1) is 13.1. The molecule has 0 aliphatic heterocycles. The highest BCUT2D eigenvalue weighted by atomic mass is 32.2. The standard InChI is InChI=1S/C11H14N4OS2/c1-2-18(16)8-7-15-10(13-14-11(15)17)9-5-3-4-6-12-9/h3-6H,2,7-8H2,1H3,(H,14,17). The van der Waals surface area contributed by atoms with Crippen molar-refractivity contribution in [3.63, 3.8) is 0 Å². The average Bonchev–Trinajstić information content (AvgIpc) is 2.78. The lowest BCUT2D eigenvalue weighted by Crippen LogP contribution is -2.10. The molecule has 0 aliphatic carbocycles. The van der Waals surface area contributed by atoms with Gasteiger partial charge in [0.15, 0.2) is 10.6 Å². The Balaban J connectivity index is 2.28. The van der Waals surface area contributed by atoms with Gasteiger partial charge in [-0.2, -0.15) is 5.10 Å². The fraction of sp³-hybridized carbons (Fsp3) is 0.364. The number of hydrogen-bond donors (Lipinski definition) is 1. The molecule has 0 amide bonds. The molecule has 0 saturated heterocycles. The summed E-state index contributed by atoms with van der Waals surface area (Å²) in [6.45, 7) is 2.49. The zero-order chi connectivity index (χ0) is 13.0. The van der Waals surface area contributed by atoms with Gasteiger partial charge in [-0.3, -0.25) is 18.9 Å². The molecule has 1 unspecified atom stereocenters. The largest absolute Gasteiger partial charge is 0.298 e. The number of pyridine rings is 1. The summed E-state index contributed by atoms with van der Waals surface area (Å²) in [7, 11) is -0.814. The van der Waals surface area contributed by atoms with Gasteiger partial charge >= 0.3 is 0 Å². The van der Waals surface area contributed by atoms with Crippen LogP contribution < -0.4 is 0 Å². The summed E-state index contributed by atoms with van der Waals surface area (Å²) in [5.74, 6) is 1.92. The molecule has 2 rings (SSSR count). The van der Waals surface area contributed by atoms with Crippen LogP contribution in [0.25, 0.3) is 11.5 Å². The monoisotopic (exact) mass is 282 g/mol. The van der Waals surface area contributed by atoms with Crippen molar-refractivity contribution in [1.82, 2.24) is 19.7 Å².